The summed E-state index contributed by atoms with van der Waals surface area (Å²) in [6.07, 6.45) is 0.368. The van der Waals surface area contributed by atoms with E-state index in [2.05, 4.69) is 5.32 Å². The second kappa shape index (κ2) is 4.51. The number of nitrogens with one attached hydrogen (secondary N) is 1. The molecule has 0 saturated carbocycles. The number of hydrogen-bond acceptors (Lipinski definition) is 3. The van der Waals surface area contributed by atoms with E-state index in [1.807, 2.05) is 44.2 Å². The van der Waals surface area contributed by atoms with Gasteiger partial charge in [-0.2, -0.15) is 0 Å². The first-order valence-electron chi connectivity index (χ1n) is 6.89. The topological polar surface area (TPSA) is 58.6 Å². The number of carbonyl (C=O) groups is 2. The molecule has 1 aromatic carbocycles. The van der Waals surface area contributed by atoms with Crippen molar-refractivity contribution >= 4 is 12.0 Å². The molecule has 3 atom stereocenters. The molecular formula is C15H18N2O3. The fraction of sp³-hybridized carbons (Fsp3) is 0.467. The molecule has 0 bridgehead atoms. The van der Waals surface area contributed by atoms with Crippen LogP contribution in [0, 0.1) is 0 Å². The molecule has 20 heavy (non-hydrogen) atoms. The highest BCUT2D eigenvalue weighted by molar-refractivity contribution is 5.94. The Morgan fingerprint density at radius 3 is 2.65 bits per heavy atom. The minimum Gasteiger partial charge on any atom is -0.447 e. The lowest BCUT2D eigenvalue weighted by Gasteiger charge is -2.50. The molecular weight excluding hydrogens is 256 g/mol. The molecule has 0 aromatic heterocycles. The van der Waals surface area contributed by atoms with Crippen LogP contribution in [0.1, 0.15) is 31.9 Å². The zero-order valence-electron chi connectivity index (χ0n) is 11.6. The molecule has 3 rings (SSSR count). The minimum atomic E-state index is -0.451. The Hall–Kier alpha value is -2.04. The van der Waals surface area contributed by atoms with E-state index in [0.717, 1.165) is 12.0 Å². The van der Waals surface area contributed by atoms with E-state index >= 15 is 0 Å². The van der Waals surface area contributed by atoms with Crippen molar-refractivity contribution < 1.29 is 14.3 Å². The second-order valence-electron chi connectivity index (χ2n) is 5.57. The maximum absolute atomic E-state index is 12.1. The Labute approximate surface area is 117 Å². The van der Waals surface area contributed by atoms with Gasteiger partial charge in [0.05, 0.1) is 11.6 Å². The van der Waals surface area contributed by atoms with Crippen molar-refractivity contribution in [3.63, 3.8) is 0 Å². The molecule has 2 saturated heterocycles. The maximum atomic E-state index is 12.1. The lowest BCUT2D eigenvalue weighted by atomic mass is 9.79. The van der Waals surface area contributed by atoms with Crippen LogP contribution >= 0.6 is 0 Å². The second-order valence-corrected chi connectivity index (χ2v) is 5.57. The molecule has 0 radical (unpaired) electrons. The molecule has 106 valence electrons. The van der Waals surface area contributed by atoms with Gasteiger partial charge in [-0.25, -0.2) is 4.79 Å². The summed E-state index contributed by atoms with van der Waals surface area (Å²) in [7, 11) is 0. The van der Waals surface area contributed by atoms with Crippen LogP contribution in [0.25, 0.3) is 0 Å². The molecule has 0 unspecified atom stereocenters. The Bertz CT molecular complexity index is 545. The summed E-state index contributed by atoms with van der Waals surface area (Å²) in [5.41, 5.74) is 0.629. The van der Waals surface area contributed by atoms with E-state index in [0.29, 0.717) is 6.61 Å². The van der Waals surface area contributed by atoms with Crippen molar-refractivity contribution in [2.24, 2.45) is 0 Å². The molecule has 0 spiro atoms. The van der Waals surface area contributed by atoms with Crippen LogP contribution in [0.5, 0.6) is 0 Å². The van der Waals surface area contributed by atoms with Crippen LogP contribution in [-0.4, -0.2) is 35.1 Å². The van der Waals surface area contributed by atoms with Gasteiger partial charge in [-0.3, -0.25) is 9.69 Å². The van der Waals surface area contributed by atoms with E-state index in [4.69, 9.17) is 4.74 Å². The molecule has 5 nitrogen and oxygen atoms in total. The van der Waals surface area contributed by atoms with Crippen LogP contribution in [0.15, 0.2) is 30.3 Å². The molecule has 0 aliphatic carbocycles. The zero-order valence-corrected chi connectivity index (χ0v) is 11.6. The third kappa shape index (κ3) is 1.77. The highest BCUT2D eigenvalue weighted by Crippen LogP contribution is 2.37. The summed E-state index contributed by atoms with van der Waals surface area (Å²) in [4.78, 5) is 25.6. The zero-order chi connectivity index (χ0) is 14.3. The molecule has 5 heteroatoms. The highest BCUT2D eigenvalue weighted by Gasteiger charge is 2.57. The van der Waals surface area contributed by atoms with Crippen molar-refractivity contribution in [2.45, 2.75) is 37.9 Å². The number of β-lactam (4-membered cyclic amide) rings is 1. The number of amides is 2. The van der Waals surface area contributed by atoms with E-state index in [1.54, 1.807) is 4.90 Å². The molecule has 1 aromatic rings. The molecule has 2 amide bonds. The van der Waals surface area contributed by atoms with Gasteiger partial charge in [0.1, 0.15) is 12.6 Å². The van der Waals surface area contributed by atoms with Crippen molar-refractivity contribution in [3.8, 4) is 0 Å². The van der Waals surface area contributed by atoms with Crippen LogP contribution in [0.3, 0.4) is 0 Å². The number of nitrogens with zero attached hydrogens (tertiary/aromatic N) is 1. The first kappa shape index (κ1) is 13.0. The van der Waals surface area contributed by atoms with Gasteiger partial charge in [-0.05, 0) is 18.9 Å². The standard InChI is InChI=1S/C15H18N2O3/c1-3-15(2)12(13(18)16-15)17-11(9-20-14(17)19)10-7-5-4-6-8-10/h4-8,11-12H,3,9H2,1-2H3,(H,16,18)/t11-,12-,15-/m1/s1. The van der Waals surface area contributed by atoms with Gasteiger partial charge in [0.2, 0.25) is 5.91 Å². The van der Waals surface area contributed by atoms with Gasteiger partial charge in [-0.15, -0.1) is 0 Å². The summed E-state index contributed by atoms with van der Waals surface area (Å²) in [5, 5.41) is 2.90. The number of ether oxygens (including phenoxy) is 1. The largest absolute Gasteiger partial charge is 0.447 e. The number of cyclic esters (lactones) is 1. The molecule has 2 fully saturated rings. The summed E-state index contributed by atoms with van der Waals surface area (Å²) < 4.78 is 5.18. The van der Waals surface area contributed by atoms with Crippen LogP contribution in [-0.2, 0) is 9.53 Å². The smallest absolute Gasteiger partial charge is 0.411 e. The third-order valence-electron chi connectivity index (χ3n) is 4.37. The van der Waals surface area contributed by atoms with Crippen molar-refractivity contribution in [2.75, 3.05) is 6.61 Å². The van der Waals surface area contributed by atoms with Crippen LogP contribution < -0.4 is 5.32 Å². The van der Waals surface area contributed by atoms with E-state index in [-0.39, 0.29) is 17.5 Å². The first-order valence-corrected chi connectivity index (χ1v) is 6.89. The predicted molar refractivity (Wildman–Crippen MR) is 73.0 cm³/mol. The number of benzene rings is 1. The van der Waals surface area contributed by atoms with Gasteiger partial charge >= 0.3 is 6.09 Å². The Kier molecular flexibility index (Phi) is 2.92. The fourth-order valence-corrected chi connectivity index (χ4v) is 2.99. The summed E-state index contributed by atoms with van der Waals surface area (Å²) >= 11 is 0. The highest BCUT2D eigenvalue weighted by atomic mass is 16.6. The van der Waals surface area contributed by atoms with E-state index in [1.165, 1.54) is 0 Å². The van der Waals surface area contributed by atoms with Crippen LogP contribution in [0.4, 0.5) is 4.79 Å². The normalized spacial score (nSPS) is 32.6. The predicted octanol–water partition coefficient (Wildman–Crippen LogP) is 1.85. The van der Waals surface area contributed by atoms with Crippen molar-refractivity contribution in [3.05, 3.63) is 35.9 Å². The molecule has 2 heterocycles. The monoisotopic (exact) mass is 274 g/mol. The minimum absolute atomic E-state index is 0.103. The van der Waals surface area contributed by atoms with Gasteiger partial charge in [0, 0.05) is 0 Å². The summed E-state index contributed by atoms with van der Waals surface area (Å²) in [6.45, 7) is 4.27. The SMILES string of the molecule is CC[C@@]1(C)NC(=O)[C@H]1N1C(=O)OC[C@@H]1c1ccccc1. The molecule has 2 aliphatic heterocycles. The van der Waals surface area contributed by atoms with Crippen LogP contribution in [0.2, 0.25) is 0 Å². The number of carbonyl (C=O) groups excluding carboxylic acids is 2. The van der Waals surface area contributed by atoms with Crippen molar-refractivity contribution in [1.29, 1.82) is 0 Å². The Morgan fingerprint density at radius 2 is 2.05 bits per heavy atom. The molecule has 2 aliphatic rings. The third-order valence-corrected chi connectivity index (χ3v) is 4.37. The summed E-state index contributed by atoms with van der Waals surface area (Å²) in [5.74, 6) is -0.103. The maximum Gasteiger partial charge on any atom is 0.411 e. The fourth-order valence-electron chi connectivity index (χ4n) is 2.99. The van der Waals surface area contributed by atoms with Gasteiger partial charge in [0.15, 0.2) is 0 Å². The molecule has 1 N–H and O–H groups in total. The first-order chi connectivity index (χ1) is 9.57. The summed E-state index contributed by atoms with van der Waals surface area (Å²) in [6, 6.07) is 9.06. The Morgan fingerprint density at radius 1 is 1.35 bits per heavy atom. The van der Waals surface area contributed by atoms with E-state index in [9.17, 15) is 9.59 Å². The van der Waals surface area contributed by atoms with Gasteiger partial charge < -0.3 is 10.1 Å². The quantitative estimate of drug-likeness (QED) is 0.856. The van der Waals surface area contributed by atoms with Crippen molar-refractivity contribution in [1.82, 2.24) is 10.2 Å². The lowest BCUT2D eigenvalue weighted by Crippen LogP contribution is -2.76. The van der Waals surface area contributed by atoms with Gasteiger partial charge in [0.25, 0.3) is 0 Å². The van der Waals surface area contributed by atoms with Gasteiger partial charge in [-0.1, -0.05) is 37.3 Å². The average Bonchev–Trinajstić information content (AvgIpc) is 2.81. The Balaban J connectivity index is 1.94. The number of rotatable bonds is 3. The lowest BCUT2D eigenvalue weighted by molar-refractivity contribution is -0.142. The van der Waals surface area contributed by atoms with E-state index < -0.39 is 12.1 Å². The average molecular weight is 274 g/mol. The number of hydrogen-bond donors (Lipinski definition) is 1.